The minimum atomic E-state index is -0.199. The molecule has 0 radical (unpaired) electrons. The van der Waals surface area contributed by atoms with Crippen molar-refractivity contribution in [3.8, 4) is 0 Å². The van der Waals surface area contributed by atoms with Gasteiger partial charge in [0.2, 0.25) is 0 Å². The normalized spacial score (nSPS) is 11.8. The molecule has 0 bridgehead atoms. The molecule has 0 atom stereocenters. The highest BCUT2D eigenvalue weighted by Gasteiger charge is 1.78. The van der Waals surface area contributed by atoms with Crippen molar-refractivity contribution in [1.82, 2.24) is 0 Å². The fourth-order valence-corrected chi connectivity index (χ4v) is 0.0527. The first-order chi connectivity index (χ1) is 2.81. The number of hydrogen-bond donors (Lipinski definition) is 3. The minimum Gasteiger partial charge on any atom is -0.512 e. The molecule has 0 spiro atoms. The van der Waals surface area contributed by atoms with Crippen molar-refractivity contribution in [2.75, 3.05) is 6.54 Å². The molecule has 0 rings (SSSR count). The molecule has 0 amide bonds. The van der Waals surface area contributed by atoms with Crippen LogP contribution in [-0.4, -0.2) is 16.8 Å². The second-order valence-electron chi connectivity index (χ2n) is 0.825. The summed E-state index contributed by atoms with van der Waals surface area (Å²) >= 11 is 0. The van der Waals surface area contributed by atoms with Crippen LogP contribution in [-0.2, 0) is 0 Å². The van der Waals surface area contributed by atoms with Crippen molar-refractivity contribution in [3.63, 3.8) is 0 Å². The molecule has 36 valence electrons. The highest BCUT2D eigenvalue weighted by Crippen LogP contribution is 1.74. The van der Waals surface area contributed by atoms with Crippen LogP contribution in [0.5, 0.6) is 0 Å². The van der Waals surface area contributed by atoms with Crippen LogP contribution in [0.15, 0.2) is 12.0 Å². The summed E-state index contributed by atoms with van der Waals surface area (Å²) in [6.07, 6.45) is 0.569. The first kappa shape index (κ1) is 5.30. The van der Waals surface area contributed by atoms with Gasteiger partial charge in [-0.15, -0.1) is 0 Å². The van der Waals surface area contributed by atoms with Crippen molar-refractivity contribution >= 4 is 0 Å². The van der Waals surface area contributed by atoms with E-state index in [2.05, 4.69) is 0 Å². The third-order valence-corrected chi connectivity index (χ3v) is 0.358. The Morgan fingerprint density at radius 1 is 1.83 bits per heavy atom. The summed E-state index contributed by atoms with van der Waals surface area (Å²) in [6.45, 7) is -0.00347. The van der Waals surface area contributed by atoms with E-state index in [1.165, 1.54) is 0 Å². The second kappa shape index (κ2) is 2.53. The average Bonchev–Trinajstić information content (AvgIpc) is 1.65. The Kier molecular flexibility index (Phi) is 2.24. The molecule has 0 aromatic carbocycles. The molecule has 0 aliphatic carbocycles. The van der Waals surface area contributed by atoms with Gasteiger partial charge in [-0.25, -0.2) is 0 Å². The van der Waals surface area contributed by atoms with Crippen molar-refractivity contribution in [1.29, 1.82) is 0 Å². The molecule has 0 heterocycles. The van der Waals surface area contributed by atoms with Crippen molar-refractivity contribution in [2.45, 2.75) is 0 Å². The van der Waals surface area contributed by atoms with Gasteiger partial charge in [0.15, 0.2) is 0 Å². The van der Waals surface area contributed by atoms with Crippen molar-refractivity contribution < 1.29 is 10.2 Å². The second-order valence-corrected chi connectivity index (χ2v) is 0.825. The molecule has 3 heteroatoms. The van der Waals surface area contributed by atoms with Gasteiger partial charge in [-0.1, -0.05) is 0 Å². The van der Waals surface area contributed by atoms with Crippen LogP contribution in [0.3, 0.4) is 0 Å². The molecule has 0 saturated heterocycles. The Hall–Kier alpha value is -0.700. The lowest BCUT2D eigenvalue weighted by Gasteiger charge is -1.84. The van der Waals surface area contributed by atoms with E-state index in [1.54, 1.807) is 0 Å². The Morgan fingerprint density at radius 3 is 2.33 bits per heavy atom. The van der Waals surface area contributed by atoms with Gasteiger partial charge >= 0.3 is 0 Å². The molecule has 0 aliphatic rings. The Balaban J connectivity index is 3.22. The standard InChI is InChI=1S/C3H7NO2/c4-1-3(6)2-5/h2,5-6H,1,4H2. The number of nitrogens with two attached hydrogens (primary N) is 1. The lowest BCUT2D eigenvalue weighted by atomic mass is 10.6. The summed E-state index contributed by atoms with van der Waals surface area (Å²) in [5, 5.41) is 16.0. The smallest absolute Gasteiger partial charge is 0.140 e. The number of aliphatic hydroxyl groups excluding tert-OH is 2. The van der Waals surface area contributed by atoms with Crippen molar-refractivity contribution in [3.05, 3.63) is 12.0 Å². The van der Waals surface area contributed by atoms with Gasteiger partial charge in [-0.3, -0.25) is 0 Å². The zero-order chi connectivity index (χ0) is 4.99. The molecule has 0 aliphatic heterocycles. The van der Waals surface area contributed by atoms with Crippen LogP contribution < -0.4 is 5.73 Å². The molecule has 0 saturated carbocycles. The van der Waals surface area contributed by atoms with Crippen LogP contribution in [0.1, 0.15) is 0 Å². The summed E-state index contributed by atoms with van der Waals surface area (Å²) in [7, 11) is 0. The van der Waals surface area contributed by atoms with E-state index >= 15 is 0 Å². The maximum atomic E-state index is 8.15. The van der Waals surface area contributed by atoms with Gasteiger partial charge < -0.3 is 15.9 Å². The molecular formula is C3H7NO2. The zero-order valence-corrected chi connectivity index (χ0v) is 3.26. The summed E-state index contributed by atoms with van der Waals surface area (Å²) in [6, 6.07) is 0. The highest BCUT2D eigenvalue weighted by molar-refractivity contribution is 4.83. The quantitative estimate of drug-likeness (QED) is 0.393. The predicted molar refractivity (Wildman–Crippen MR) is 22.4 cm³/mol. The molecule has 3 nitrogen and oxygen atoms in total. The number of rotatable bonds is 1. The Labute approximate surface area is 35.7 Å². The van der Waals surface area contributed by atoms with Crippen LogP contribution in [0.25, 0.3) is 0 Å². The van der Waals surface area contributed by atoms with Crippen LogP contribution in [0.4, 0.5) is 0 Å². The van der Waals surface area contributed by atoms with Gasteiger partial charge in [-0.2, -0.15) is 0 Å². The van der Waals surface area contributed by atoms with Gasteiger partial charge in [0.1, 0.15) is 12.0 Å². The lowest BCUT2D eigenvalue weighted by Crippen LogP contribution is -2.01. The summed E-state index contributed by atoms with van der Waals surface area (Å²) in [5.41, 5.74) is 4.80. The van der Waals surface area contributed by atoms with E-state index < -0.39 is 0 Å². The van der Waals surface area contributed by atoms with E-state index in [0.29, 0.717) is 6.26 Å². The maximum absolute atomic E-state index is 8.15. The Morgan fingerprint density at radius 2 is 2.33 bits per heavy atom. The van der Waals surface area contributed by atoms with E-state index in [1.807, 2.05) is 0 Å². The lowest BCUT2D eigenvalue weighted by molar-refractivity contribution is 0.355. The molecule has 0 aromatic rings. The molecule has 6 heavy (non-hydrogen) atoms. The first-order valence-electron chi connectivity index (χ1n) is 1.53. The largest absolute Gasteiger partial charge is 0.512 e. The van der Waals surface area contributed by atoms with E-state index in [-0.39, 0.29) is 12.3 Å². The molecule has 0 aromatic heterocycles. The summed E-state index contributed by atoms with van der Waals surface area (Å²) in [4.78, 5) is 0. The van der Waals surface area contributed by atoms with Gasteiger partial charge in [-0.05, 0) is 0 Å². The average molecular weight is 89.1 g/mol. The van der Waals surface area contributed by atoms with Crippen LogP contribution in [0, 0.1) is 0 Å². The van der Waals surface area contributed by atoms with Crippen molar-refractivity contribution in [2.24, 2.45) is 5.73 Å². The van der Waals surface area contributed by atoms with Crippen LogP contribution >= 0.6 is 0 Å². The molecular weight excluding hydrogens is 82.0 g/mol. The molecule has 4 N–H and O–H groups in total. The summed E-state index contributed by atoms with van der Waals surface area (Å²) in [5.74, 6) is -0.199. The monoisotopic (exact) mass is 89.0 g/mol. The number of aliphatic hydroxyl groups is 2. The fourth-order valence-electron chi connectivity index (χ4n) is 0.0527. The van der Waals surface area contributed by atoms with E-state index in [9.17, 15) is 0 Å². The zero-order valence-electron chi connectivity index (χ0n) is 3.26. The third kappa shape index (κ3) is 1.60. The number of hydrogen-bond acceptors (Lipinski definition) is 3. The predicted octanol–water partition coefficient (Wildman–Crippen LogP) is -0.0975. The van der Waals surface area contributed by atoms with E-state index in [4.69, 9.17) is 15.9 Å². The third-order valence-electron chi connectivity index (χ3n) is 0.358. The minimum absolute atomic E-state index is 0.00347. The van der Waals surface area contributed by atoms with Gasteiger partial charge in [0.05, 0.1) is 6.54 Å². The summed E-state index contributed by atoms with van der Waals surface area (Å²) < 4.78 is 0. The SMILES string of the molecule is NCC(O)=CO. The maximum Gasteiger partial charge on any atom is 0.140 e. The van der Waals surface area contributed by atoms with Crippen LogP contribution in [0.2, 0.25) is 0 Å². The Bertz CT molecular complexity index is 59.8. The van der Waals surface area contributed by atoms with Gasteiger partial charge in [0, 0.05) is 0 Å². The topological polar surface area (TPSA) is 66.5 Å². The molecule has 0 unspecified atom stereocenters. The first-order valence-corrected chi connectivity index (χ1v) is 1.53. The van der Waals surface area contributed by atoms with Gasteiger partial charge in [0.25, 0.3) is 0 Å². The molecule has 0 fully saturated rings. The fraction of sp³-hybridized carbons (Fsp3) is 0.333. The van der Waals surface area contributed by atoms with E-state index in [0.717, 1.165) is 0 Å². The highest BCUT2D eigenvalue weighted by atomic mass is 16.3.